The zero-order chi connectivity index (χ0) is 20.1. The predicted octanol–water partition coefficient (Wildman–Crippen LogP) is 4.04. The average molecular weight is 515 g/mol. The normalized spacial score (nSPS) is 23.3. The topological polar surface area (TPSA) is 63.5 Å². The molecule has 2 unspecified atom stereocenters. The Balaban J connectivity index is 0.00000256. The van der Waals surface area contributed by atoms with E-state index in [2.05, 4.69) is 56.9 Å². The molecule has 2 N–H and O–H groups in total. The number of halogens is 1. The highest BCUT2D eigenvalue weighted by Crippen LogP contribution is 2.36. The molecule has 0 amide bonds. The molecule has 2 bridgehead atoms. The minimum atomic E-state index is 0. The van der Waals surface area contributed by atoms with Gasteiger partial charge in [0, 0.05) is 38.3 Å². The van der Waals surface area contributed by atoms with Crippen molar-refractivity contribution in [1.29, 1.82) is 5.26 Å². The van der Waals surface area contributed by atoms with E-state index in [0.29, 0.717) is 30.2 Å². The van der Waals surface area contributed by atoms with Gasteiger partial charge in [-0.1, -0.05) is 42.5 Å². The van der Waals surface area contributed by atoms with E-state index in [1.165, 1.54) is 31.2 Å². The standard InChI is InChI=1S/C24H29N5.HI/c1-26-24(27-16-19-9-7-18(15-25)8-10-19)28-21-13-22-11-12-23(14-21)29(22)17-20-5-3-2-4-6-20;/h2-10,21-23H,11-14,16-17H2,1H3,(H2,26,27,28);1H. The van der Waals surface area contributed by atoms with E-state index in [9.17, 15) is 0 Å². The third kappa shape index (κ3) is 5.52. The molecule has 5 nitrogen and oxygen atoms in total. The first-order chi connectivity index (χ1) is 14.2. The number of hydrogen-bond donors (Lipinski definition) is 2. The summed E-state index contributed by atoms with van der Waals surface area (Å²) in [5.74, 6) is 0.857. The summed E-state index contributed by atoms with van der Waals surface area (Å²) in [5, 5.41) is 16.0. The van der Waals surface area contributed by atoms with Gasteiger partial charge < -0.3 is 10.6 Å². The van der Waals surface area contributed by atoms with E-state index in [4.69, 9.17) is 5.26 Å². The van der Waals surface area contributed by atoms with Crippen LogP contribution in [0.25, 0.3) is 0 Å². The Morgan fingerprint density at radius 1 is 1.03 bits per heavy atom. The zero-order valence-electron chi connectivity index (χ0n) is 17.4. The van der Waals surface area contributed by atoms with Gasteiger partial charge in [0.05, 0.1) is 11.6 Å². The quantitative estimate of drug-likeness (QED) is 0.359. The molecule has 2 aromatic rings. The highest BCUT2D eigenvalue weighted by Gasteiger charge is 2.40. The lowest BCUT2D eigenvalue weighted by Gasteiger charge is -2.39. The lowest BCUT2D eigenvalue weighted by Crippen LogP contribution is -2.52. The lowest BCUT2D eigenvalue weighted by molar-refractivity contribution is 0.114. The van der Waals surface area contributed by atoms with Crippen LogP contribution in [0.3, 0.4) is 0 Å². The van der Waals surface area contributed by atoms with Crippen LogP contribution >= 0.6 is 24.0 Å². The molecule has 0 spiro atoms. The van der Waals surface area contributed by atoms with Gasteiger partial charge in [0.1, 0.15) is 0 Å². The lowest BCUT2D eigenvalue weighted by atomic mass is 9.96. The molecule has 0 saturated carbocycles. The van der Waals surface area contributed by atoms with E-state index < -0.39 is 0 Å². The summed E-state index contributed by atoms with van der Waals surface area (Å²) >= 11 is 0. The summed E-state index contributed by atoms with van der Waals surface area (Å²) in [7, 11) is 1.83. The van der Waals surface area contributed by atoms with Crippen LogP contribution in [0, 0.1) is 11.3 Å². The Hall–Kier alpha value is -2.11. The first kappa shape index (κ1) is 22.6. The Bertz CT molecular complexity index is 861. The maximum absolute atomic E-state index is 8.92. The smallest absolute Gasteiger partial charge is 0.191 e. The van der Waals surface area contributed by atoms with Crippen molar-refractivity contribution in [3.63, 3.8) is 0 Å². The first-order valence-electron chi connectivity index (χ1n) is 10.5. The van der Waals surface area contributed by atoms with Crippen molar-refractivity contribution < 1.29 is 0 Å². The van der Waals surface area contributed by atoms with Gasteiger partial charge in [-0.3, -0.25) is 9.89 Å². The molecular weight excluding hydrogens is 485 g/mol. The number of rotatable bonds is 5. The van der Waals surface area contributed by atoms with Gasteiger partial charge in [-0.15, -0.1) is 24.0 Å². The van der Waals surface area contributed by atoms with Gasteiger partial charge in [0.25, 0.3) is 0 Å². The maximum atomic E-state index is 8.92. The van der Waals surface area contributed by atoms with Gasteiger partial charge in [-0.2, -0.15) is 5.26 Å². The van der Waals surface area contributed by atoms with E-state index in [-0.39, 0.29) is 24.0 Å². The third-order valence-corrected chi connectivity index (χ3v) is 6.20. The van der Waals surface area contributed by atoms with Crippen molar-refractivity contribution in [3.8, 4) is 6.07 Å². The second-order valence-electron chi connectivity index (χ2n) is 8.09. The molecule has 2 atom stereocenters. The minimum Gasteiger partial charge on any atom is -0.354 e. The van der Waals surface area contributed by atoms with E-state index in [0.717, 1.165) is 18.1 Å². The van der Waals surface area contributed by atoms with E-state index in [1.807, 2.05) is 31.3 Å². The van der Waals surface area contributed by atoms with Crippen molar-refractivity contribution in [3.05, 3.63) is 71.3 Å². The fourth-order valence-electron chi connectivity index (χ4n) is 4.72. The van der Waals surface area contributed by atoms with Crippen LogP contribution < -0.4 is 10.6 Å². The number of benzene rings is 2. The van der Waals surface area contributed by atoms with Gasteiger partial charge in [-0.25, -0.2) is 0 Å². The number of guanidine groups is 1. The Kier molecular flexibility index (Phi) is 8.11. The second kappa shape index (κ2) is 10.8. The molecule has 2 aliphatic heterocycles. The molecule has 2 aromatic carbocycles. The van der Waals surface area contributed by atoms with Crippen LogP contribution in [-0.4, -0.2) is 36.0 Å². The fraction of sp³-hybridized carbons (Fsp3) is 0.417. The van der Waals surface area contributed by atoms with Crippen LogP contribution in [0.15, 0.2) is 59.6 Å². The molecule has 0 aromatic heterocycles. The molecule has 6 heteroatoms. The van der Waals surface area contributed by atoms with Crippen molar-refractivity contribution >= 4 is 29.9 Å². The molecule has 30 heavy (non-hydrogen) atoms. The van der Waals surface area contributed by atoms with Gasteiger partial charge in [-0.05, 0) is 48.9 Å². The number of piperidine rings is 1. The summed E-state index contributed by atoms with van der Waals surface area (Å²) in [4.78, 5) is 7.13. The van der Waals surface area contributed by atoms with Crippen LogP contribution in [-0.2, 0) is 13.1 Å². The van der Waals surface area contributed by atoms with Crippen molar-refractivity contribution in [1.82, 2.24) is 15.5 Å². The largest absolute Gasteiger partial charge is 0.354 e. The summed E-state index contributed by atoms with van der Waals surface area (Å²) in [6.07, 6.45) is 4.93. The number of nitrogens with one attached hydrogen (secondary N) is 2. The van der Waals surface area contributed by atoms with Gasteiger partial charge >= 0.3 is 0 Å². The number of nitrogens with zero attached hydrogens (tertiary/aromatic N) is 3. The fourth-order valence-corrected chi connectivity index (χ4v) is 4.72. The first-order valence-corrected chi connectivity index (χ1v) is 10.5. The molecule has 2 fully saturated rings. The summed E-state index contributed by atoms with van der Waals surface area (Å²) < 4.78 is 0. The highest BCUT2D eigenvalue weighted by molar-refractivity contribution is 14.0. The van der Waals surface area contributed by atoms with Crippen molar-refractivity contribution in [2.24, 2.45) is 4.99 Å². The van der Waals surface area contributed by atoms with Crippen molar-refractivity contribution in [2.75, 3.05) is 7.05 Å². The molecule has 158 valence electrons. The third-order valence-electron chi connectivity index (χ3n) is 6.20. The van der Waals surface area contributed by atoms with Crippen LogP contribution in [0.1, 0.15) is 42.4 Å². The number of nitriles is 1. The molecule has 2 aliphatic rings. The monoisotopic (exact) mass is 515 g/mol. The number of fused-ring (bicyclic) bond motifs is 2. The average Bonchev–Trinajstić information content (AvgIpc) is 2.99. The Morgan fingerprint density at radius 2 is 1.70 bits per heavy atom. The predicted molar refractivity (Wildman–Crippen MR) is 132 cm³/mol. The molecule has 2 heterocycles. The van der Waals surface area contributed by atoms with Gasteiger partial charge in [0.15, 0.2) is 5.96 Å². The highest BCUT2D eigenvalue weighted by atomic mass is 127. The van der Waals surface area contributed by atoms with E-state index in [1.54, 1.807) is 0 Å². The minimum absolute atomic E-state index is 0. The molecule has 0 aliphatic carbocycles. The summed E-state index contributed by atoms with van der Waals surface area (Å²) in [6.45, 7) is 1.76. The Morgan fingerprint density at radius 3 is 2.30 bits per heavy atom. The molecule has 4 rings (SSSR count). The number of aliphatic imine (C=N–C) groups is 1. The molecular formula is C24H30IN5. The molecule has 2 saturated heterocycles. The van der Waals surface area contributed by atoms with Crippen LogP contribution in [0.5, 0.6) is 0 Å². The Labute approximate surface area is 196 Å². The van der Waals surface area contributed by atoms with Crippen LogP contribution in [0.4, 0.5) is 0 Å². The summed E-state index contributed by atoms with van der Waals surface area (Å²) in [5.41, 5.74) is 3.24. The maximum Gasteiger partial charge on any atom is 0.191 e. The van der Waals surface area contributed by atoms with E-state index >= 15 is 0 Å². The second-order valence-corrected chi connectivity index (χ2v) is 8.09. The van der Waals surface area contributed by atoms with Crippen molar-refractivity contribution in [2.45, 2.75) is 56.9 Å². The zero-order valence-corrected chi connectivity index (χ0v) is 19.8. The summed E-state index contributed by atoms with van der Waals surface area (Å²) in [6, 6.07) is 22.4. The number of hydrogen-bond acceptors (Lipinski definition) is 3. The van der Waals surface area contributed by atoms with Crippen LogP contribution in [0.2, 0.25) is 0 Å². The molecule has 0 radical (unpaired) electrons. The SMILES string of the molecule is CN=C(NCc1ccc(C#N)cc1)NC1CC2CCC(C1)N2Cc1ccccc1.I. The van der Waals surface area contributed by atoms with Gasteiger partial charge in [0.2, 0.25) is 0 Å².